The molecular formula is C19H21N3O4. The minimum Gasteiger partial charge on any atom is -0.465 e. The number of nitrogens with two attached hydrogens (primary N) is 1. The third kappa shape index (κ3) is 4.60. The first kappa shape index (κ1) is 19.0. The summed E-state index contributed by atoms with van der Waals surface area (Å²) in [7, 11) is 1.30. The molecule has 2 rings (SSSR count). The van der Waals surface area contributed by atoms with Gasteiger partial charge in [0.05, 0.1) is 19.2 Å². The predicted octanol–water partition coefficient (Wildman–Crippen LogP) is 2.24. The SMILES string of the molecule is COC(=O)c1ccc(C)c(NC(=O)CNc2cc(C(N)=O)ccc2C)c1. The molecule has 0 spiro atoms. The number of nitrogens with one attached hydrogen (secondary N) is 2. The smallest absolute Gasteiger partial charge is 0.337 e. The van der Waals surface area contributed by atoms with Crippen LogP contribution in [0.3, 0.4) is 0 Å². The van der Waals surface area contributed by atoms with Gasteiger partial charge in [0.2, 0.25) is 11.8 Å². The number of benzene rings is 2. The predicted molar refractivity (Wildman–Crippen MR) is 99.3 cm³/mol. The maximum atomic E-state index is 12.2. The van der Waals surface area contributed by atoms with Gasteiger partial charge in [-0.15, -0.1) is 0 Å². The lowest BCUT2D eigenvalue weighted by Gasteiger charge is -2.13. The third-order valence-corrected chi connectivity index (χ3v) is 3.89. The molecular weight excluding hydrogens is 334 g/mol. The number of aryl methyl sites for hydroxylation is 2. The molecule has 4 N–H and O–H groups in total. The molecule has 0 heterocycles. The van der Waals surface area contributed by atoms with E-state index in [1.54, 1.807) is 36.4 Å². The standard InChI is InChI=1S/C19H21N3O4/c1-11-4-6-13(18(20)24)8-15(11)21-10-17(23)22-16-9-14(19(25)26-3)7-5-12(16)2/h4-9,21H,10H2,1-3H3,(H2,20,24)(H,22,23). The van der Waals surface area contributed by atoms with Crippen LogP contribution in [-0.4, -0.2) is 31.4 Å². The van der Waals surface area contributed by atoms with E-state index in [4.69, 9.17) is 5.73 Å². The van der Waals surface area contributed by atoms with E-state index in [2.05, 4.69) is 15.4 Å². The molecule has 0 radical (unpaired) electrons. The number of hydrogen-bond donors (Lipinski definition) is 3. The van der Waals surface area contributed by atoms with Crippen LogP contribution in [0.2, 0.25) is 0 Å². The Morgan fingerprint density at radius 2 is 1.54 bits per heavy atom. The van der Waals surface area contributed by atoms with Crippen molar-refractivity contribution in [3.8, 4) is 0 Å². The lowest BCUT2D eigenvalue weighted by atomic mass is 10.1. The zero-order valence-electron chi connectivity index (χ0n) is 14.9. The average molecular weight is 355 g/mol. The summed E-state index contributed by atoms with van der Waals surface area (Å²) in [5.41, 5.74) is 8.87. The highest BCUT2D eigenvalue weighted by Gasteiger charge is 2.11. The van der Waals surface area contributed by atoms with Crippen molar-refractivity contribution < 1.29 is 19.1 Å². The Labute approximate surface area is 151 Å². The van der Waals surface area contributed by atoms with Gasteiger partial charge in [-0.2, -0.15) is 0 Å². The Morgan fingerprint density at radius 3 is 2.15 bits per heavy atom. The monoisotopic (exact) mass is 355 g/mol. The molecule has 0 aliphatic heterocycles. The van der Waals surface area contributed by atoms with Gasteiger partial charge in [-0.05, 0) is 49.2 Å². The number of carbonyl (C=O) groups excluding carboxylic acids is 3. The van der Waals surface area contributed by atoms with Crippen LogP contribution in [-0.2, 0) is 9.53 Å². The average Bonchev–Trinajstić information content (AvgIpc) is 2.62. The van der Waals surface area contributed by atoms with E-state index in [1.165, 1.54) is 7.11 Å². The molecule has 7 nitrogen and oxygen atoms in total. The second-order valence-corrected chi connectivity index (χ2v) is 5.82. The molecule has 0 aliphatic rings. The third-order valence-electron chi connectivity index (χ3n) is 3.89. The van der Waals surface area contributed by atoms with Crippen molar-refractivity contribution >= 4 is 29.2 Å². The second kappa shape index (κ2) is 8.15. The molecule has 0 atom stereocenters. The van der Waals surface area contributed by atoms with Gasteiger partial charge in [0, 0.05) is 16.9 Å². The van der Waals surface area contributed by atoms with Gasteiger partial charge < -0.3 is 21.1 Å². The Hall–Kier alpha value is -3.35. The highest BCUT2D eigenvalue weighted by molar-refractivity contribution is 5.97. The first-order chi connectivity index (χ1) is 12.3. The van der Waals surface area contributed by atoms with E-state index in [9.17, 15) is 14.4 Å². The summed E-state index contributed by atoms with van der Waals surface area (Å²) in [6, 6.07) is 9.92. The van der Waals surface area contributed by atoms with Crippen molar-refractivity contribution in [3.05, 3.63) is 58.7 Å². The van der Waals surface area contributed by atoms with Crippen LogP contribution < -0.4 is 16.4 Å². The number of esters is 1. The summed E-state index contributed by atoms with van der Waals surface area (Å²) in [6.07, 6.45) is 0. The Balaban J connectivity index is 2.07. The minimum absolute atomic E-state index is 0.00898. The molecule has 136 valence electrons. The maximum absolute atomic E-state index is 12.2. The maximum Gasteiger partial charge on any atom is 0.337 e. The van der Waals surface area contributed by atoms with E-state index in [0.29, 0.717) is 22.5 Å². The van der Waals surface area contributed by atoms with E-state index in [0.717, 1.165) is 11.1 Å². The molecule has 0 saturated carbocycles. The van der Waals surface area contributed by atoms with E-state index in [-0.39, 0.29) is 12.5 Å². The fraction of sp³-hybridized carbons (Fsp3) is 0.211. The highest BCUT2D eigenvalue weighted by atomic mass is 16.5. The van der Waals surface area contributed by atoms with E-state index >= 15 is 0 Å². The second-order valence-electron chi connectivity index (χ2n) is 5.82. The number of ether oxygens (including phenoxy) is 1. The number of amides is 2. The van der Waals surface area contributed by atoms with Crippen LogP contribution in [0.15, 0.2) is 36.4 Å². The van der Waals surface area contributed by atoms with E-state index in [1.807, 2.05) is 13.8 Å². The minimum atomic E-state index is -0.534. The van der Waals surface area contributed by atoms with Crippen molar-refractivity contribution in [3.63, 3.8) is 0 Å². The number of hydrogen-bond acceptors (Lipinski definition) is 5. The molecule has 0 bridgehead atoms. The molecule has 0 aliphatic carbocycles. The summed E-state index contributed by atoms with van der Waals surface area (Å²) < 4.78 is 4.68. The molecule has 0 fully saturated rings. The van der Waals surface area contributed by atoms with Gasteiger partial charge in [0.1, 0.15) is 0 Å². The van der Waals surface area contributed by atoms with Gasteiger partial charge in [-0.1, -0.05) is 12.1 Å². The number of methoxy groups -OCH3 is 1. The van der Waals surface area contributed by atoms with Crippen molar-refractivity contribution in [2.24, 2.45) is 5.73 Å². The van der Waals surface area contributed by atoms with Crippen LogP contribution in [0.25, 0.3) is 0 Å². The van der Waals surface area contributed by atoms with Crippen molar-refractivity contribution in [1.29, 1.82) is 0 Å². The van der Waals surface area contributed by atoms with Gasteiger partial charge in [-0.25, -0.2) is 4.79 Å². The summed E-state index contributed by atoms with van der Waals surface area (Å²) >= 11 is 0. The first-order valence-corrected chi connectivity index (χ1v) is 7.95. The van der Waals surface area contributed by atoms with Crippen LogP contribution >= 0.6 is 0 Å². The van der Waals surface area contributed by atoms with Crippen LogP contribution in [0, 0.1) is 13.8 Å². The van der Waals surface area contributed by atoms with Crippen molar-refractivity contribution in [1.82, 2.24) is 0 Å². The van der Waals surface area contributed by atoms with Crippen molar-refractivity contribution in [2.45, 2.75) is 13.8 Å². The van der Waals surface area contributed by atoms with Gasteiger partial charge >= 0.3 is 5.97 Å². The topological polar surface area (TPSA) is 111 Å². The Bertz CT molecular complexity index is 862. The molecule has 0 unspecified atom stereocenters. The molecule has 26 heavy (non-hydrogen) atoms. The van der Waals surface area contributed by atoms with Crippen LogP contribution in [0.1, 0.15) is 31.8 Å². The molecule has 2 aromatic rings. The Morgan fingerprint density at radius 1 is 0.962 bits per heavy atom. The number of anilines is 2. The summed E-state index contributed by atoms with van der Waals surface area (Å²) in [5.74, 6) is -1.30. The zero-order chi connectivity index (χ0) is 19.3. The largest absolute Gasteiger partial charge is 0.465 e. The van der Waals surface area contributed by atoms with Crippen LogP contribution in [0.5, 0.6) is 0 Å². The Kier molecular flexibility index (Phi) is 5.95. The highest BCUT2D eigenvalue weighted by Crippen LogP contribution is 2.19. The zero-order valence-corrected chi connectivity index (χ0v) is 14.9. The molecule has 2 amide bonds. The molecule has 0 aromatic heterocycles. The first-order valence-electron chi connectivity index (χ1n) is 7.95. The van der Waals surface area contributed by atoms with E-state index < -0.39 is 11.9 Å². The van der Waals surface area contributed by atoms with Gasteiger partial charge in [0.15, 0.2) is 0 Å². The fourth-order valence-electron chi connectivity index (χ4n) is 2.34. The van der Waals surface area contributed by atoms with Crippen LogP contribution in [0.4, 0.5) is 11.4 Å². The molecule has 7 heteroatoms. The molecule has 0 saturated heterocycles. The quantitative estimate of drug-likeness (QED) is 0.688. The molecule has 2 aromatic carbocycles. The summed E-state index contributed by atoms with van der Waals surface area (Å²) in [5, 5.41) is 5.74. The number of primary amides is 1. The lowest BCUT2D eigenvalue weighted by molar-refractivity contribution is -0.114. The normalized spacial score (nSPS) is 10.1. The summed E-state index contributed by atoms with van der Waals surface area (Å²) in [4.78, 5) is 35.1. The number of carbonyl (C=O) groups is 3. The summed E-state index contributed by atoms with van der Waals surface area (Å²) in [6.45, 7) is 3.67. The van der Waals surface area contributed by atoms with Crippen molar-refractivity contribution in [2.75, 3.05) is 24.3 Å². The van der Waals surface area contributed by atoms with Gasteiger partial charge in [0.25, 0.3) is 0 Å². The number of rotatable bonds is 6. The van der Waals surface area contributed by atoms with Gasteiger partial charge in [-0.3, -0.25) is 9.59 Å². The lowest BCUT2D eigenvalue weighted by Crippen LogP contribution is -2.23. The fourth-order valence-corrected chi connectivity index (χ4v) is 2.34.